The summed E-state index contributed by atoms with van der Waals surface area (Å²) >= 11 is 0. The maximum absolute atomic E-state index is 13.3. The van der Waals surface area contributed by atoms with Crippen molar-refractivity contribution in [3.05, 3.63) is 59.7 Å². The van der Waals surface area contributed by atoms with Gasteiger partial charge >= 0.3 is 0 Å². The summed E-state index contributed by atoms with van der Waals surface area (Å²) in [5, 5.41) is 20.7. The maximum Gasteiger partial charge on any atom is 0.255 e. The number of aromatic hydroxyl groups is 1. The molecule has 0 saturated heterocycles. The van der Waals surface area contributed by atoms with E-state index in [4.69, 9.17) is 4.74 Å². The summed E-state index contributed by atoms with van der Waals surface area (Å²) in [4.78, 5) is 54.6. The fourth-order valence-electron chi connectivity index (χ4n) is 4.36. The second kappa shape index (κ2) is 16.2. The highest BCUT2D eigenvalue weighted by Gasteiger charge is 2.28. The first-order valence-electron chi connectivity index (χ1n) is 14.0. The first-order chi connectivity index (χ1) is 19.7. The number of carbonyl (C=O) groups excluding carboxylic acids is 4. The minimum Gasteiger partial charge on any atom is -0.508 e. The summed E-state index contributed by atoms with van der Waals surface area (Å²) in [6.45, 7) is 1.77. The zero-order chi connectivity index (χ0) is 29.6. The van der Waals surface area contributed by atoms with Crippen molar-refractivity contribution in [2.75, 3.05) is 40.3 Å². The highest BCUT2D eigenvalue weighted by atomic mass is 16.5. The normalized spacial score (nSPS) is 19.4. The van der Waals surface area contributed by atoms with E-state index >= 15 is 0 Å². The smallest absolute Gasteiger partial charge is 0.255 e. The zero-order valence-corrected chi connectivity index (χ0v) is 23.8. The van der Waals surface area contributed by atoms with E-state index in [0.29, 0.717) is 32.0 Å². The topological polar surface area (TPSA) is 149 Å². The van der Waals surface area contributed by atoms with Crippen LogP contribution in [0.5, 0.6) is 11.5 Å². The number of phenolic OH excluding ortho intramolecular Hbond substituents is 1. The van der Waals surface area contributed by atoms with Crippen LogP contribution in [0.1, 0.15) is 48.0 Å². The van der Waals surface area contributed by atoms with Gasteiger partial charge in [-0.3, -0.25) is 19.2 Å². The molecule has 0 aromatic heterocycles. The molecule has 11 heteroatoms. The van der Waals surface area contributed by atoms with Crippen molar-refractivity contribution < 1.29 is 29.0 Å². The lowest BCUT2D eigenvalue weighted by Gasteiger charge is -2.23. The van der Waals surface area contributed by atoms with Crippen molar-refractivity contribution in [3.8, 4) is 11.5 Å². The number of phenols is 1. The van der Waals surface area contributed by atoms with Crippen LogP contribution in [0.15, 0.2) is 48.5 Å². The summed E-state index contributed by atoms with van der Waals surface area (Å²) in [5.41, 5.74) is 1.01. The molecule has 0 bridgehead atoms. The van der Waals surface area contributed by atoms with E-state index in [0.717, 1.165) is 31.2 Å². The number of para-hydroxylation sites is 1. The average Bonchev–Trinajstić information content (AvgIpc) is 2.94. The number of nitrogens with one attached hydrogen (secondary N) is 4. The Morgan fingerprint density at radius 2 is 1.73 bits per heavy atom. The van der Waals surface area contributed by atoms with Crippen LogP contribution in [0.25, 0.3) is 0 Å². The highest BCUT2D eigenvalue weighted by molar-refractivity contribution is 6.01. The molecule has 4 amide bonds. The molecular weight excluding hydrogens is 526 g/mol. The van der Waals surface area contributed by atoms with Gasteiger partial charge in [0.05, 0.1) is 18.6 Å². The van der Waals surface area contributed by atoms with Gasteiger partial charge in [0.2, 0.25) is 17.7 Å². The number of fused-ring (bicyclic) bond motifs is 1. The molecule has 1 heterocycles. The number of amides is 4. The number of carbonyl (C=O) groups is 4. The van der Waals surface area contributed by atoms with Crippen molar-refractivity contribution in [2.45, 2.75) is 50.6 Å². The number of rotatable bonds is 6. The van der Waals surface area contributed by atoms with Crippen molar-refractivity contribution in [1.82, 2.24) is 26.2 Å². The molecule has 0 spiro atoms. The molecule has 1 aliphatic rings. The Balaban J connectivity index is 1.83. The Bertz CT molecular complexity index is 1170. The first kappa shape index (κ1) is 31.4. The third-order valence-corrected chi connectivity index (χ3v) is 6.66. The van der Waals surface area contributed by atoms with Crippen LogP contribution >= 0.6 is 0 Å². The average molecular weight is 568 g/mol. The van der Waals surface area contributed by atoms with Gasteiger partial charge in [-0.05, 0) is 56.8 Å². The second-order valence-electron chi connectivity index (χ2n) is 10.4. The SMILES string of the molecule is CN(C)CCNC(=O)[C@@H]1CC(=O)N[C@@H](Cc2ccc(O)cc2)C(=O)NCCCCCCOc2ccccc2C(=O)N1. The van der Waals surface area contributed by atoms with Crippen LogP contribution in [0.3, 0.4) is 0 Å². The summed E-state index contributed by atoms with van der Waals surface area (Å²) in [6.07, 6.45) is 3.12. The fraction of sp³-hybridized carbons (Fsp3) is 0.467. The molecule has 0 saturated carbocycles. The van der Waals surface area contributed by atoms with Crippen LogP contribution in [0.2, 0.25) is 0 Å². The van der Waals surface area contributed by atoms with Crippen molar-refractivity contribution in [1.29, 1.82) is 0 Å². The molecule has 2 atom stereocenters. The number of ether oxygens (including phenoxy) is 1. The number of likely N-dealkylation sites (N-methyl/N-ethyl adjacent to an activating group) is 1. The standard InChI is InChI=1S/C30H41N5O6/c1-35(2)17-16-32-30(40)25-20-27(37)33-24(19-21-11-13-22(36)14-12-21)29(39)31-15-7-3-4-8-18-41-26-10-6-5-9-23(26)28(38)34-25/h5-6,9-14,24-25,36H,3-4,7-8,15-20H2,1-2H3,(H,31,39)(H,32,40)(H,33,37)(H,34,38)/t24-,25-/m0/s1. The van der Waals surface area contributed by atoms with Gasteiger partial charge in [-0.25, -0.2) is 0 Å². The molecule has 3 rings (SSSR count). The van der Waals surface area contributed by atoms with Gasteiger partial charge in [0, 0.05) is 26.1 Å². The molecule has 11 nitrogen and oxygen atoms in total. The van der Waals surface area contributed by atoms with Gasteiger partial charge in [-0.15, -0.1) is 0 Å². The molecule has 222 valence electrons. The molecule has 41 heavy (non-hydrogen) atoms. The third kappa shape index (κ3) is 10.8. The molecule has 0 radical (unpaired) electrons. The van der Waals surface area contributed by atoms with Gasteiger partial charge in [-0.2, -0.15) is 0 Å². The quantitative estimate of drug-likeness (QED) is 0.354. The van der Waals surface area contributed by atoms with Crippen LogP contribution in [0, 0.1) is 0 Å². The zero-order valence-electron chi connectivity index (χ0n) is 23.8. The molecule has 5 N–H and O–H groups in total. The number of hydrogen-bond acceptors (Lipinski definition) is 7. The predicted octanol–water partition coefficient (Wildman–Crippen LogP) is 1.36. The van der Waals surface area contributed by atoms with E-state index in [1.807, 2.05) is 19.0 Å². The lowest BCUT2D eigenvalue weighted by atomic mass is 10.0. The first-order valence-corrected chi connectivity index (χ1v) is 14.0. The minimum atomic E-state index is -1.19. The number of nitrogens with zero attached hydrogens (tertiary/aromatic N) is 1. The van der Waals surface area contributed by atoms with E-state index in [1.165, 1.54) is 12.1 Å². The summed E-state index contributed by atoms with van der Waals surface area (Å²) in [7, 11) is 3.74. The second-order valence-corrected chi connectivity index (χ2v) is 10.4. The van der Waals surface area contributed by atoms with Gasteiger partial charge < -0.3 is 36.0 Å². The summed E-state index contributed by atoms with van der Waals surface area (Å²) in [6, 6.07) is 11.1. The van der Waals surface area contributed by atoms with Crippen LogP contribution in [0.4, 0.5) is 0 Å². The molecule has 1 aliphatic heterocycles. The fourth-order valence-corrected chi connectivity index (χ4v) is 4.36. The molecular formula is C30H41N5O6. The van der Waals surface area contributed by atoms with Crippen LogP contribution < -0.4 is 26.0 Å². The highest BCUT2D eigenvalue weighted by Crippen LogP contribution is 2.19. The van der Waals surface area contributed by atoms with E-state index in [9.17, 15) is 24.3 Å². The van der Waals surface area contributed by atoms with Gasteiger partial charge in [0.25, 0.3) is 5.91 Å². The maximum atomic E-state index is 13.3. The Hall–Kier alpha value is -4.12. The van der Waals surface area contributed by atoms with E-state index in [2.05, 4.69) is 21.3 Å². The molecule has 0 aliphatic carbocycles. The molecule has 2 aromatic carbocycles. The van der Waals surface area contributed by atoms with E-state index in [-0.39, 0.29) is 30.1 Å². The van der Waals surface area contributed by atoms with Crippen LogP contribution in [-0.2, 0) is 20.8 Å². The Morgan fingerprint density at radius 3 is 2.49 bits per heavy atom. The Kier molecular flexibility index (Phi) is 12.4. The third-order valence-electron chi connectivity index (χ3n) is 6.66. The summed E-state index contributed by atoms with van der Waals surface area (Å²) < 4.78 is 5.88. The number of hydrogen-bond donors (Lipinski definition) is 5. The lowest BCUT2D eigenvalue weighted by molar-refractivity contribution is -0.131. The van der Waals surface area contributed by atoms with Gasteiger partial charge in [-0.1, -0.05) is 37.1 Å². The predicted molar refractivity (Wildman–Crippen MR) is 155 cm³/mol. The monoisotopic (exact) mass is 567 g/mol. The van der Waals surface area contributed by atoms with Gasteiger partial charge in [0.15, 0.2) is 0 Å². The molecule has 2 aromatic rings. The molecule has 0 unspecified atom stereocenters. The van der Waals surface area contributed by atoms with Crippen molar-refractivity contribution >= 4 is 23.6 Å². The minimum absolute atomic E-state index is 0.0952. The van der Waals surface area contributed by atoms with E-state index in [1.54, 1.807) is 36.4 Å². The number of benzene rings is 2. The van der Waals surface area contributed by atoms with Crippen LogP contribution in [-0.4, -0.2) is 86.1 Å². The largest absolute Gasteiger partial charge is 0.508 e. The Morgan fingerprint density at radius 1 is 1.00 bits per heavy atom. The van der Waals surface area contributed by atoms with Crippen molar-refractivity contribution in [2.24, 2.45) is 0 Å². The van der Waals surface area contributed by atoms with E-state index < -0.39 is 29.8 Å². The van der Waals surface area contributed by atoms with Crippen molar-refractivity contribution in [3.63, 3.8) is 0 Å². The lowest BCUT2D eigenvalue weighted by Crippen LogP contribution is -2.53. The van der Waals surface area contributed by atoms with Gasteiger partial charge in [0.1, 0.15) is 23.6 Å². The molecule has 0 fully saturated rings. The Labute approximate surface area is 241 Å². The summed E-state index contributed by atoms with van der Waals surface area (Å²) in [5.74, 6) is -1.46.